The summed E-state index contributed by atoms with van der Waals surface area (Å²) >= 11 is 0. The number of aliphatic hydroxyl groups is 1. The van der Waals surface area contributed by atoms with Gasteiger partial charge in [-0.15, -0.1) is 0 Å². The van der Waals surface area contributed by atoms with E-state index in [1.807, 2.05) is 13.0 Å². The molecule has 0 atom stereocenters. The van der Waals surface area contributed by atoms with Gasteiger partial charge in [-0.2, -0.15) is 0 Å². The highest BCUT2D eigenvalue weighted by atomic mass is 16.3. The maximum absolute atomic E-state index is 11.7. The second-order valence-electron chi connectivity index (χ2n) is 3.52. The zero-order valence-corrected chi connectivity index (χ0v) is 8.92. The number of hydrogen-bond acceptors (Lipinski definition) is 3. The number of aromatic nitrogens is 2. The lowest BCUT2D eigenvalue weighted by atomic mass is 10.3. The molecule has 0 aliphatic carbocycles. The van der Waals surface area contributed by atoms with Gasteiger partial charge in [0.2, 0.25) is 0 Å². The molecule has 2 heterocycles. The third-order valence-corrected chi connectivity index (χ3v) is 2.37. The van der Waals surface area contributed by atoms with Gasteiger partial charge in [0.25, 0.3) is 5.56 Å². The van der Waals surface area contributed by atoms with E-state index in [0.717, 1.165) is 11.3 Å². The summed E-state index contributed by atoms with van der Waals surface area (Å²) in [5.74, 6) is 0.570. The van der Waals surface area contributed by atoms with Crippen LogP contribution in [-0.2, 0) is 6.61 Å². The van der Waals surface area contributed by atoms with Gasteiger partial charge in [-0.3, -0.25) is 9.36 Å². The lowest BCUT2D eigenvalue weighted by Crippen LogP contribution is -2.19. The van der Waals surface area contributed by atoms with Crippen LogP contribution < -0.4 is 5.56 Å². The summed E-state index contributed by atoms with van der Waals surface area (Å²) in [7, 11) is 0. The van der Waals surface area contributed by atoms with Crippen LogP contribution in [0.2, 0.25) is 0 Å². The highest BCUT2D eigenvalue weighted by Gasteiger charge is 2.03. The molecular formula is C12H12N2O2. The third kappa shape index (κ3) is 1.87. The van der Waals surface area contributed by atoms with E-state index in [-0.39, 0.29) is 12.2 Å². The van der Waals surface area contributed by atoms with Crippen molar-refractivity contribution in [1.82, 2.24) is 9.55 Å². The second kappa shape index (κ2) is 4.28. The zero-order valence-electron chi connectivity index (χ0n) is 8.92. The number of aryl methyl sites for hydroxylation is 1. The summed E-state index contributed by atoms with van der Waals surface area (Å²) in [6.45, 7) is 1.80. The van der Waals surface area contributed by atoms with Crippen LogP contribution >= 0.6 is 0 Å². The molecule has 2 rings (SSSR count). The van der Waals surface area contributed by atoms with E-state index in [1.165, 1.54) is 10.6 Å². The van der Waals surface area contributed by atoms with E-state index >= 15 is 0 Å². The maximum Gasteiger partial charge on any atom is 0.256 e. The van der Waals surface area contributed by atoms with E-state index in [9.17, 15) is 4.79 Å². The summed E-state index contributed by atoms with van der Waals surface area (Å²) in [6, 6.07) is 8.54. The monoisotopic (exact) mass is 216 g/mol. The van der Waals surface area contributed by atoms with Gasteiger partial charge in [-0.05, 0) is 24.6 Å². The minimum absolute atomic E-state index is 0.0457. The van der Waals surface area contributed by atoms with Crippen molar-refractivity contribution in [3.8, 4) is 5.82 Å². The Kier molecular flexibility index (Phi) is 2.83. The Balaban J connectivity index is 2.55. The van der Waals surface area contributed by atoms with Crippen LogP contribution in [0.3, 0.4) is 0 Å². The van der Waals surface area contributed by atoms with Crippen molar-refractivity contribution < 1.29 is 5.11 Å². The van der Waals surface area contributed by atoms with Crippen molar-refractivity contribution in [1.29, 1.82) is 0 Å². The molecule has 0 aromatic carbocycles. The van der Waals surface area contributed by atoms with Gasteiger partial charge in [0.15, 0.2) is 0 Å². The first-order chi connectivity index (χ1) is 7.72. The van der Waals surface area contributed by atoms with E-state index in [2.05, 4.69) is 4.98 Å². The van der Waals surface area contributed by atoms with Gasteiger partial charge in [-0.25, -0.2) is 4.98 Å². The van der Waals surface area contributed by atoms with Gasteiger partial charge < -0.3 is 5.11 Å². The molecule has 2 aromatic heterocycles. The van der Waals surface area contributed by atoms with Crippen molar-refractivity contribution >= 4 is 0 Å². The molecule has 4 nitrogen and oxygen atoms in total. The highest BCUT2D eigenvalue weighted by molar-refractivity contribution is 5.28. The zero-order chi connectivity index (χ0) is 11.5. The predicted octanol–water partition coefficient (Wildman–Crippen LogP) is 1.03. The summed E-state index contributed by atoms with van der Waals surface area (Å²) in [5.41, 5.74) is 1.45. The van der Waals surface area contributed by atoms with Crippen LogP contribution in [0.1, 0.15) is 11.3 Å². The average Bonchev–Trinajstić information content (AvgIpc) is 2.30. The van der Waals surface area contributed by atoms with E-state index in [1.54, 1.807) is 24.4 Å². The second-order valence-corrected chi connectivity index (χ2v) is 3.52. The van der Waals surface area contributed by atoms with Gasteiger partial charge in [-0.1, -0.05) is 12.1 Å². The molecule has 4 heteroatoms. The molecule has 0 aliphatic heterocycles. The molecule has 0 radical (unpaired) electrons. The minimum atomic E-state index is -0.107. The van der Waals surface area contributed by atoms with E-state index in [4.69, 9.17) is 5.11 Å². The van der Waals surface area contributed by atoms with E-state index < -0.39 is 0 Å². The summed E-state index contributed by atoms with van der Waals surface area (Å²) < 4.78 is 1.53. The summed E-state index contributed by atoms with van der Waals surface area (Å²) in [4.78, 5) is 15.8. The van der Waals surface area contributed by atoms with Crippen molar-refractivity contribution in [2.75, 3.05) is 0 Å². The maximum atomic E-state index is 11.7. The number of nitrogens with zero attached hydrogens (tertiary/aromatic N) is 2. The molecule has 0 fully saturated rings. The molecule has 2 aromatic rings. The van der Waals surface area contributed by atoms with Crippen molar-refractivity contribution in [2.45, 2.75) is 13.5 Å². The first-order valence-corrected chi connectivity index (χ1v) is 4.97. The molecule has 0 bridgehead atoms. The Morgan fingerprint density at radius 3 is 2.69 bits per heavy atom. The number of aliphatic hydroxyl groups excluding tert-OH is 1. The molecular weight excluding hydrogens is 204 g/mol. The topological polar surface area (TPSA) is 55.1 Å². The smallest absolute Gasteiger partial charge is 0.256 e. The Bertz CT molecular complexity index is 544. The van der Waals surface area contributed by atoms with Crippen LogP contribution in [-0.4, -0.2) is 14.7 Å². The van der Waals surface area contributed by atoms with E-state index in [0.29, 0.717) is 5.82 Å². The summed E-state index contributed by atoms with van der Waals surface area (Å²) in [6.07, 6.45) is 1.56. The Labute approximate surface area is 92.8 Å². The predicted molar refractivity (Wildman–Crippen MR) is 60.5 cm³/mol. The van der Waals surface area contributed by atoms with Crippen LogP contribution in [0.4, 0.5) is 0 Å². The van der Waals surface area contributed by atoms with Gasteiger partial charge >= 0.3 is 0 Å². The Morgan fingerprint density at radius 1 is 1.31 bits per heavy atom. The fraction of sp³-hybridized carbons (Fsp3) is 0.167. The largest absolute Gasteiger partial charge is 0.392 e. The molecule has 0 unspecified atom stereocenters. The highest BCUT2D eigenvalue weighted by Crippen LogP contribution is 2.06. The fourth-order valence-electron chi connectivity index (χ4n) is 1.53. The molecule has 0 amide bonds. The fourth-order valence-corrected chi connectivity index (χ4v) is 1.53. The van der Waals surface area contributed by atoms with Crippen molar-refractivity contribution in [3.05, 3.63) is 58.1 Å². The number of hydrogen-bond donors (Lipinski definition) is 1. The molecule has 1 N–H and O–H groups in total. The first-order valence-electron chi connectivity index (χ1n) is 4.97. The molecule has 0 saturated heterocycles. The van der Waals surface area contributed by atoms with Crippen molar-refractivity contribution in [2.24, 2.45) is 0 Å². The lowest BCUT2D eigenvalue weighted by molar-refractivity contribution is 0.281. The Morgan fingerprint density at radius 2 is 2.12 bits per heavy atom. The molecule has 0 aliphatic rings. The first kappa shape index (κ1) is 10.6. The minimum Gasteiger partial charge on any atom is -0.392 e. The van der Waals surface area contributed by atoms with Gasteiger partial charge in [0.1, 0.15) is 5.82 Å². The van der Waals surface area contributed by atoms with Crippen LogP contribution in [0, 0.1) is 6.92 Å². The number of pyridine rings is 2. The normalized spacial score (nSPS) is 10.4. The quantitative estimate of drug-likeness (QED) is 0.815. The molecule has 0 saturated carbocycles. The van der Waals surface area contributed by atoms with Gasteiger partial charge in [0, 0.05) is 18.0 Å². The molecule has 82 valence electrons. The molecule has 0 spiro atoms. The standard InChI is InChI=1S/C12H12N2O2/c1-9-3-2-4-12(16)14(9)11-6-5-10(8-15)7-13-11/h2-7,15H,8H2,1H3. The third-order valence-electron chi connectivity index (χ3n) is 2.37. The number of rotatable bonds is 2. The lowest BCUT2D eigenvalue weighted by Gasteiger charge is -2.08. The van der Waals surface area contributed by atoms with Crippen LogP contribution in [0.15, 0.2) is 41.3 Å². The molecule has 16 heavy (non-hydrogen) atoms. The average molecular weight is 216 g/mol. The van der Waals surface area contributed by atoms with Crippen LogP contribution in [0.5, 0.6) is 0 Å². The van der Waals surface area contributed by atoms with Crippen LogP contribution in [0.25, 0.3) is 5.82 Å². The SMILES string of the molecule is Cc1cccc(=O)n1-c1ccc(CO)cn1. The summed E-state index contributed by atoms with van der Waals surface area (Å²) in [5, 5.41) is 8.90. The van der Waals surface area contributed by atoms with Crippen molar-refractivity contribution in [3.63, 3.8) is 0 Å². The van der Waals surface area contributed by atoms with Gasteiger partial charge in [0.05, 0.1) is 6.61 Å². The Hall–Kier alpha value is -1.94.